The van der Waals surface area contributed by atoms with E-state index >= 15 is 0 Å². The van der Waals surface area contributed by atoms with Crippen LogP contribution in [-0.2, 0) is 12.8 Å². The number of methoxy groups -OCH3 is 1. The molecule has 0 bridgehead atoms. The van der Waals surface area contributed by atoms with E-state index < -0.39 is 0 Å². The second kappa shape index (κ2) is 6.15. The van der Waals surface area contributed by atoms with Crippen molar-refractivity contribution in [3.63, 3.8) is 0 Å². The molecule has 0 aliphatic heterocycles. The Balaban J connectivity index is 1.64. The van der Waals surface area contributed by atoms with Gasteiger partial charge in [0.05, 0.1) is 7.11 Å². The Morgan fingerprint density at radius 2 is 2.08 bits per heavy atom. The minimum Gasteiger partial charge on any atom is -0.490 e. The van der Waals surface area contributed by atoms with E-state index in [2.05, 4.69) is 44.5 Å². The zero-order valence-corrected chi connectivity index (χ0v) is 14.6. The van der Waals surface area contributed by atoms with Crippen molar-refractivity contribution >= 4 is 39.9 Å². The third-order valence-corrected chi connectivity index (χ3v) is 4.86. The zero-order valence-electron chi connectivity index (χ0n) is 13.1. The summed E-state index contributed by atoms with van der Waals surface area (Å²) in [6.45, 7) is 0. The third kappa shape index (κ3) is 2.68. The number of hydrogen-bond donors (Lipinski definition) is 2. The van der Waals surface area contributed by atoms with E-state index in [1.165, 1.54) is 22.2 Å². The van der Waals surface area contributed by atoms with Gasteiger partial charge in [-0.05, 0) is 42.5 Å². The zero-order chi connectivity index (χ0) is 16.7. The molecule has 1 aliphatic carbocycles. The number of H-pyrrole nitrogens is 1. The number of hydrogen-bond acceptors (Lipinski definition) is 4. The average molecular weight is 363 g/mol. The van der Waals surface area contributed by atoms with E-state index in [0.717, 1.165) is 19.3 Å². The Kier molecular flexibility index (Phi) is 3.98. The molecule has 1 aromatic carbocycles. The number of anilines is 1. The predicted octanol–water partition coefficient (Wildman–Crippen LogP) is 4.24. The van der Waals surface area contributed by atoms with Crippen molar-refractivity contribution in [3.05, 3.63) is 46.0 Å². The molecule has 3 aromatic rings. The first-order valence-electron chi connectivity index (χ1n) is 7.77. The SMILES string of the molecule is COc1c(Cl)nc(Cl)nc1N[C@@H]1CCc2[nH]c3ccccc3c2C1. The number of fused-ring (bicyclic) bond motifs is 3. The van der Waals surface area contributed by atoms with Crippen LogP contribution in [0.4, 0.5) is 5.82 Å². The summed E-state index contributed by atoms with van der Waals surface area (Å²) in [7, 11) is 1.54. The summed E-state index contributed by atoms with van der Waals surface area (Å²) in [5, 5.41) is 5.02. The fourth-order valence-corrected chi connectivity index (χ4v) is 3.82. The summed E-state index contributed by atoms with van der Waals surface area (Å²) in [5.41, 5.74) is 3.87. The second-order valence-electron chi connectivity index (χ2n) is 5.88. The van der Waals surface area contributed by atoms with Gasteiger partial charge in [-0.25, -0.2) is 4.98 Å². The number of para-hydroxylation sites is 1. The summed E-state index contributed by atoms with van der Waals surface area (Å²) in [4.78, 5) is 11.7. The molecule has 1 aliphatic rings. The summed E-state index contributed by atoms with van der Waals surface area (Å²) in [6, 6.07) is 8.62. The van der Waals surface area contributed by atoms with Crippen LogP contribution in [0.5, 0.6) is 5.75 Å². The average Bonchev–Trinajstić information content (AvgIpc) is 2.93. The smallest absolute Gasteiger partial charge is 0.226 e. The van der Waals surface area contributed by atoms with Crippen LogP contribution in [0.2, 0.25) is 10.4 Å². The molecule has 2 heterocycles. The Labute approximate surface area is 149 Å². The number of nitrogens with one attached hydrogen (secondary N) is 2. The van der Waals surface area contributed by atoms with Gasteiger partial charge in [0.2, 0.25) is 5.28 Å². The van der Waals surface area contributed by atoms with Crippen LogP contribution < -0.4 is 10.1 Å². The molecule has 0 spiro atoms. The molecule has 2 N–H and O–H groups in total. The van der Waals surface area contributed by atoms with Crippen LogP contribution >= 0.6 is 23.2 Å². The van der Waals surface area contributed by atoms with Crippen LogP contribution in [0.15, 0.2) is 24.3 Å². The lowest BCUT2D eigenvalue weighted by atomic mass is 9.91. The van der Waals surface area contributed by atoms with Crippen molar-refractivity contribution in [2.24, 2.45) is 0 Å². The molecule has 7 heteroatoms. The van der Waals surface area contributed by atoms with E-state index in [4.69, 9.17) is 27.9 Å². The molecule has 4 rings (SSSR count). The number of aromatic amines is 1. The lowest BCUT2D eigenvalue weighted by Crippen LogP contribution is -2.28. The van der Waals surface area contributed by atoms with Crippen LogP contribution in [0.1, 0.15) is 17.7 Å². The first kappa shape index (κ1) is 15.5. The summed E-state index contributed by atoms with van der Waals surface area (Å²) >= 11 is 12.0. The third-order valence-electron chi connectivity index (χ3n) is 4.44. The van der Waals surface area contributed by atoms with Crippen molar-refractivity contribution in [1.82, 2.24) is 15.0 Å². The van der Waals surface area contributed by atoms with E-state index in [1.807, 2.05) is 0 Å². The Morgan fingerprint density at radius 3 is 2.92 bits per heavy atom. The molecule has 124 valence electrons. The molecule has 5 nitrogen and oxygen atoms in total. The normalized spacial score (nSPS) is 16.9. The number of aryl methyl sites for hydroxylation is 1. The van der Waals surface area contributed by atoms with Crippen molar-refractivity contribution in [1.29, 1.82) is 0 Å². The maximum atomic E-state index is 6.09. The molecular weight excluding hydrogens is 347 g/mol. The van der Waals surface area contributed by atoms with Crippen molar-refractivity contribution in [2.45, 2.75) is 25.3 Å². The Hall–Kier alpha value is -1.98. The maximum absolute atomic E-state index is 6.09. The van der Waals surface area contributed by atoms with Gasteiger partial charge in [0.1, 0.15) is 0 Å². The monoisotopic (exact) mass is 362 g/mol. The van der Waals surface area contributed by atoms with Crippen LogP contribution in [0.3, 0.4) is 0 Å². The number of ether oxygens (including phenoxy) is 1. The van der Waals surface area contributed by atoms with E-state index in [9.17, 15) is 0 Å². The first-order valence-corrected chi connectivity index (χ1v) is 8.53. The summed E-state index contributed by atoms with van der Waals surface area (Å²) in [6.07, 6.45) is 2.88. The number of rotatable bonds is 3. The van der Waals surface area contributed by atoms with Gasteiger partial charge in [-0.3, -0.25) is 0 Å². The van der Waals surface area contributed by atoms with Crippen molar-refractivity contribution < 1.29 is 4.74 Å². The molecule has 0 saturated carbocycles. The van der Waals surface area contributed by atoms with Crippen molar-refractivity contribution in [3.8, 4) is 5.75 Å². The maximum Gasteiger partial charge on any atom is 0.226 e. The highest BCUT2D eigenvalue weighted by Gasteiger charge is 2.24. The molecule has 2 aromatic heterocycles. The van der Waals surface area contributed by atoms with Crippen LogP contribution in [0, 0.1) is 0 Å². The molecule has 0 amide bonds. The Bertz CT molecular complexity index is 909. The number of halogens is 2. The molecular formula is C17H16Cl2N4O. The van der Waals surface area contributed by atoms with Gasteiger partial charge in [-0.2, -0.15) is 4.98 Å². The van der Waals surface area contributed by atoms with E-state index in [0.29, 0.717) is 11.6 Å². The number of benzene rings is 1. The molecule has 0 radical (unpaired) electrons. The highest BCUT2D eigenvalue weighted by Crippen LogP contribution is 2.34. The van der Waals surface area contributed by atoms with Gasteiger partial charge >= 0.3 is 0 Å². The van der Waals surface area contributed by atoms with Gasteiger partial charge in [0, 0.05) is 22.6 Å². The summed E-state index contributed by atoms with van der Waals surface area (Å²) < 4.78 is 5.31. The van der Waals surface area contributed by atoms with Gasteiger partial charge in [-0.1, -0.05) is 29.8 Å². The molecule has 1 atom stereocenters. The van der Waals surface area contributed by atoms with Gasteiger partial charge < -0.3 is 15.0 Å². The minimum absolute atomic E-state index is 0.104. The highest BCUT2D eigenvalue weighted by atomic mass is 35.5. The van der Waals surface area contributed by atoms with Crippen LogP contribution in [0.25, 0.3) is 10.9 Å². The fraction of sp³-hybridized carbons (Fsp3) is 0.294. The topological polar surface area (TPSA) is 62.8 Å². The molecule has 0 saturated heterocycles. The first-order chi connectivity index (χ1) is 11.7. The van der Waals surface area contributed by atoms with Crippen LogP contribution in [-0.4, -0.2) is 28.1 Å². The van der Waals surface area contributed by atoms with E-state index in [-0.39, 0.29) is 16.5 Å². The predicted molar refractivity (Wildman–Crippen MR) is 96.3 cm³/mol. The summed E-state index contributed by atoms with van der Waals surface area (Å²) in [5.74, 6) is 0.960. The van der Waals surface area contributed by atoms with Crippen molar-refractivity contribution in [2.75, 3.05) is 12.4 Å². The highest BCUT2D eigenvalue weighted by molar-refractivity contribution is 6.33. The quantitative estimate of drug-likeness (QED) is 0.540. The minimum atomic E-state index is 0.104. The van der Waals surface area contributed by atoms with Gasteiger partial charge in [-0.15, -0.1) is 0 Å². The second-order valence-corrected chi connectivity index (χ2v) is 6.57. The van der Waals surface area contributed by atoms with E-state index in [1.54, 1.807) is 7.11 Å². The van der Waals surface area contributed by atoms with Gasteiger partial charge in [0.25, 0.3) is 0 Å². The lowest BCUT2D eigenvalue weighted by molar-refractivity contribution is 0.412. The molecule has 0 unspecified atom stereocenters. The lowest BCUT2D eigenvalue weighted by Gasteiger charge is -2.25. The largest absolute Gasteiger partial charge is 0.490 e. The standard InChI is InChI=1S/C17H16Cl2N4O/c1-24-14-15(18)22-17(19)23-16(14)20-9-6-7-13-11(8-9)10-4-2-3-5-12(10)21-13/h2-5,9,21H,6-8H2,1H3,(H,20,22,23)/t9-/m1/s1. The van der Waals surface area contributed by atoms with Gasteiger partial charge in [0.15, 0.2) is 16.7 Å². The molecule has 0 fully saturated rings. The molecule has 24 heavy (non-hydrogen) atoms. The number of aromatic nitrogens is 3. The fourth-order valence-electron chi connectivity index (χ4n) is 3.36. The number of nitrogens with zero attached hydrogens (tertiary/aromatic N) is 2. The Morgan fingerprint density at radius 1 is 1.25 bits per heavy atom.